The minimum absolute atomic E-state index is 0.497. The zero-order valence-corrected chi connectivity index (χ0v) is 12.8. The Morgan fingerprint density at radius 3 is 2.63 bits per heavy atom. The summed E-state index contributed by atoms with van der Waals surface area (Å²) in [7, 11) is 0. The third-order valence-corrected chi connectivity index (χ3v) is 3.58. The quantitative estimate of drug-likeness (QED) is 0.723. The van der Waals surface area contributed by atoms with Crippen LogP contribution in [0.25, 0.3) is 0 Å². The van der Waals surface area contributed by atoms with Crippen molar-refractivity contribution in [1.82, 2.24) is 15.1 Å². The number of aromatic nitrogens is 2. The van der Waals surface area contributed by atoms with Gasteiger partial charge in [-0.05, 0) is 32.3 Å². The molecule has 0 saturated carbocycles. The highest BCUT2D eigenvalue weighted by Crippen LogP contribution is 2.14. The van der Waals surface area contributed by atoms with E-state index >= 15 is 0 Å². The Hall–Kier alpha value is -0.870. The molecule has 1 rings (SSSR count). The summed E-state index contributed by atoms with van der Waals surface area (Å²) in [6, 6.07) is 2.55. The van der Waals surface area contributed by atoms with E-state index in [-0.39, 0.29) is 0 Å². The molecule has 2 N–H and O–H groups in total. The number of nitrogens with zero attached hydrogens (tertiary/aromatic N) is 2. The molecule has 1 aromatic rings. The number of rotatable bonds is 9. The summed E-state index contributed by atoms with van der Waals surface area (Å²) in [6.45, 7) is 9.68. The predicted molar refractivity (Wildman–Crippen MR) is 79.1 cm³/mol. The molecule has 0 aromatic carbocycles. The van der Waals surface area contributed by atoms with Gasteiger partial charge in [-0.25, -0.2) is 0 Å². The lowest BCUT2D eigenvalue weighted by Gasteiger charge is -2.22. The summed E-state index contributed by atoms with van der Waals surface area (Å²) in [6.07, 6.45) is 6.09. The zero-order valence-electron chi connectivity index (χ0n) is 12.8. The summed E-state index contributed by atoms with van der Waals surface area (Å²) < 4.78 is 2.06. The molecule has 4 nitrogen and oxygen atoms in total. The molecule has 0 aliphatic rings. The van der Waals surface area contributed by atoms with Crippen LogP contribution in [0.3, 0.4) is 0 Å². The van der Waals surface area contributed by atoms with Gasteiger partial charge in [-0.15, -0.1) is 0 Å². The first-order valence-electron chi connectivity index (χ1n) is 7.49. The van der Waals surface area contributed by atoms with Crippen LogP contribution in [0.1, 0.15) is 65.1 Å². The molecule has 0 radical (unpaired) electrons. The SMILES string of the molecule is CCCC(C)(O)CNCc1ccn(C(CC)CC)n1. The van der Waals surface area contributed by atoms with E-state index in [9.17, 15) is 5.11 Å². The van der Waals surface area contributed by atoms with E-state index in [1.54, 1.807) is 0 Å². The first kappa shape index (κ1) is 16.2. The molecule has 0 fully saturated rings. The summed E-state index contributed by atoms with van der Waals surface area (Å²) in [5, 5.41) is 18.0. The van der Waals surface area contributed by atoms with Crippen molar-refractivity contribution < 1.29 is 5.11 Å². The highest BCUT2D eigenvalue weighted by atomic mass is 16.3. The first-order chi connectivity index (χ1) is 9.02. The molecule has 1 aromatic heterocycles. The van der Waals surface area contributed by atoms with E-state index in [1.807, 2.05) is 6.92 Å². The monoisotopic (exact) mass is 267 g/mol. The van der Waals surface area contributed by atoms with Gasteiger partial charge < -0.3 is 10.4 Å². The molecule has 1 atom stereocenters. The summed E-state index contributed by atoms with van der Waals surface area (Å²) >= 11 is 0. The molecule has 19 heavy (non-hydrogen) atoms. The molecule has 0 aliphatic carbocycles. The van der Waals surface area contributed by atoms with Crippen molar-refractivity contribution in [3.05, 3.63) is 18.0 Å². The van der Waals surface area contributed by atoms with Crippen LogP contribution in [-0.2, 0) is 6.54 Å². The molecular formula is C15H29N3O. The van der Waals surface area contributed by atoms with Crippen molar-refractivity contribution in [1.29, 1.82) is 0 Å². The average molecular weight is 267 g/mol. The third kappa shape index (κ3) is 5.33. The number of aliphatic hydroxyl groups is 1. The van der Waals surface area contributed by atoms with Crippen LogP contribution in [0.15, 0.2) is 12.3 Å². The van der Waals surface area contributed by atoms with Crippen molar-refractivity contribution in [2.24, 2.45) is 0 Å². The Morgan fingerprint density at radius 1 is 1.37 bits per heavy atom. The average Bonchev–Trinajstić information content (AvgIpc) is 2.79. The highest BCUT2D eigenvalue weighted by Gasteiger charge is 2.18. The first-order valence-corrected chi connectivity index (χ1v) is 7.49. The maximum atomic E-state index is 10.1. The summed E-state index contributed by atoms with van der Waals surface area (Å²) in [4.78, 5) is 0. The minimum atomic E-state index is -0.618. The second kappa shape index (κ2) is 7.65. The van der Waals surface area contributed by atoms with Gasteiger partial charge in [0.25, 0.3) is 0 Å². The minimum Gasteiger partial charge on any atom is -0.389 e. The van der Waals surface area contributed by atoms with E-state index in [4.69, 9.17) is 0 Å². The van der Waals surface area contributed by atoms with Crippen LogP contribution < -0.4 is 5.32 Å². The Bertz CT molecular complexity index is 356. The van der Waals surface area contributed by atoms with Crippen molar-refractivity contribution in [2.45, 2.75) is 71.6 Å². The number of hydrogen-bond donors (Lipinski definition) is 2. The fourth-order valence-electron chi connectivity index (χ4n) is 2.42. The van der Waals surface area contributed by atoms with E-state index in [1.165, 1.54) is 0 Å². The standard InChI is InChI=1S/C15H29N3O/c1-5-9-15(4,19)12-16-11-13-8-10-18(17-13)14(6-2)7-3/h8,10,14,16,19H,5-7,9,11-12H2,1-4H3. The molecule has 0 spiro atoms. The molecule has 1 unspecified atom stereocenters. The highest BCUT2D eigenvalue weighted by molar-refractivity contribution is 4.99. The lowest BCUT2D eigenvalue weighted by atomic mass is 10.0. The molecule has 0 bridgehead atoms. The fourth-order valence-corrected chi connectivity index (χ4v) is 2.42. The molecule has 0 aliphatic heterocycles. The van der Waals surface area contributed by atoms with Gasteiger partial charge in [0.2, 0.25) is 0 Å². The second-order valence-corrected chi connectivity index (χ2v) is 5.61. The van der Waals surface area contributed by atoms with Crippen LogP contribution in [0.5, 0.6) is 0 Å². The van der Waals surface area contributed by atoms with Crippen LogP contribution >= 0.6 is 0 Å². The van der Waals surface area contributed by atoms with Gasteiger partial charge in [0.05, 0.1) is 17.3 Å². The van der Waals surface area contributed by atoms with Gasteiger partial charge in [-0.1, -0.05) is 27.2 Å². The Kier molecular flexibility index (Phi) is 6.52. The summed E-state index contributed by atoms with van der Waals surface area (Å²) in [5.41, 5.74) is 0.423. The fraction of sp³-hybridized carbons (Fsp3) is 0.800. The van der Waals surface area contributed by atoms with Crippen LogP contribution in [-0.4, -0.2) is 27.0 Å². The molecule has 0 saturated heterocycles. The van der Waals surface area contributed by atoms with E-state index < -0.39 is 5.60 Å². The number of nitrogens with one attached hydrogen (secondary N) is 1. The molecular weight excluding hydrogens is 238 g/mol. The van der Waals surface area contributed by atoms with Crippen LogP contribution in [0.4, 0.5) is 0 Å². The van der Waals surface area contributed by atoms with E-state index in [0.717, 1.165) is 31.4 Å². The Labute approximate surface area is 117 Å². The summed E-state index contributed by atoms with van der Waals surface area (Å²) in [5.74, 6) is 0. The van der Waals surface area contributed by atoms with Gasteiger partial charge in [0.1, 0.15) is 0 Å². The van der Waals surface area contributed by atoms with Crippen molar-refractivity contribution >= 4 is 0 Å². The van der Waals surface area contributed by atoms with E-state index in [2.05, 4.69) is 48.1 Å². The Morgan fingerprint density at radius 2 is 2.05 bits per heavy atom. The topological polar surface area (TPSA) is 50.1 Å². The molecule has 1 heterocycles. The molecule has 4 heteroatoms. The normalized spacial score (nSPS) is 14.8. The zero-order chi connectivity index (χ0) is 14.3. The maximum Gasteiger partial charge on any atom is 0.0762 e. The van der Waals surface area contributed by atoms with Crippen LogP contribution in [0.2, 0.25) is 0 Å². The predicted octanol–water partition coefficient (Wildman–Crippen LogP) is 2.88. The molecule has 0 amide bonds. The lowest BCUT2D eigenvalue weighted by Crippen LogP contribution is -2.37. The molecule has 110 valence electrons. The third-order valence-electron chi connectivity index (χ3n) is 3.58. The van der Waals surface area contributed by atoms with Gasteiger partial charge in [-0.3, -0.25) is 4.68 Å². The largest absolute Gasteiger partial charge is 0.389 e. The van der Waals surface area contributed by atoms with Gasteiger partial charge >= 0.3 is 0 Å². The number of hydrogen-bond acceptors (Lipinski definition) is 3. The van der Waals surface area contributed by atoms with E-state index in [0.29, 0.717) is 19.1 Å². The van der Waals surface area contributed by atoms with Crippen molar-refractivity contribution in [3.8, 4) is 0 Å². The van der Waals surface area contributed by atoms with Gasteiger partial charge in [0, 0.05) is 19.3 Å². The Balaban J connectivity index is 2.42. The van der Waals surface area contributed by atoms with Gasteiger partial charge in [-0.2, -0.15) is 5.10 Å². The van der Waals surface area contributed by atoms with Crippen molar-refractivity contribution in [3.63, 3.8) is 0 Å². The maximum absolute atomic E-state index is 10.1. The lowest BCUT2D eigenvalue weighted by molar-refractivity contribution is 0.0497. The van der Waals surface area contributed by atoms with Gasteiger partial charge in [0.15, 0.2) is 0 Å². The smallest absolute Gasteiger partial charge is 0.0762 e. The van der Waals surface area contributed by atoms with Crippen LogP contribution in [0, 0.1) is 0 Å². The van der Waals surface area contributed by atoms with Crippen molar-refractivity contribution in [2.75, 3.05) is 6.54 Å². The second-order valence-electron chi connectivity index (χ2n) is 5.61.